The van der Waals surface area contributed by atoms with E-state index in [2.05, 4.69) is 36.7 Å². The van der Waals surface area contributed by atoms with Crippen LogP contribution in [0.25, 0.3) is 0 Å². The van der Waals surface area contributed by atoms with Gasteiger partial charge in [0, 0.05) is 10.0 Å². The number of halogens is 1. The Labute approximate surface area is 127 Å². The van der Waals surface area contributed by atoms with Gasteiger partial charge in [0.25, 0.3) is 0 Å². The quantitative estimate of drug-likeness (QED) is 0.708. The van der Waals surface area contributed by atoms with Gasteiger partial charge in [-0.15, -0.1) is 0 Å². The minimum atomic E-state index is -0.0239. The molecule has 0 heterocycles. The largest absolute Gasteiger partial charge is 0.456 e. The summed E-state index contributed by atoms with van der Waals surface area (Å²) in [6, 6.07) is 13.3. The van der Waals surface area contributed by atoms with Crippen molar-refractivity contribution in [2.75, 3.05) is 0 Å². The Morgan fingerprint density at radius 1 is 1.05 bits per heavy atom. The lowest BCUT2D eigenvalue weighted by atomic mass is 9.86. The number of hydrogen-bond donors (Lipinski definition) is 0. The first-order valence-corrected chi connectivity index (χ1v) is 7.23. The summed E-state index contributed by atoms with van der Waals surface area (Å²) < 4.78 is 6.86. The maximum absolute atomic E-state index is 11.1. The topological polar surface area (TPSA) is 26.3 Å². The predicted molar refractivity (Wildman–Crippen MR) is 84.7 cm³/mol. The SMILES string of the molecule is CC(C)(C)c1ccccc1Oc1cc(Br)ccc1C=O. The van der Waals surface area contributed by atoms with Crippen LogP contribution >= 0.6 is 15.9 Å². The molecule has 0 atom stereocenters. The second-order valence-corrected chi connectivity index (χ2v) is 6.56. The van der Waals surface area contributed by atoms with Crippen molar-refractivity contribution in [3.63, 3.8) is 0 Å². The van der Waals surface area contributed by atoms with Crippen molar-refractivity contribution in [1.82, 2.24) is 0 Å². The molecule has 0 aliphatic heterocycles. The Bertz CT molecular complexity index is 627. The van der Waals surface area contributed by atoms with Crippen LogP contribution in [-0.4, -0.2) is 6.29 Å². The Morgan fingerprint density at radius 3 is 2.40 bits per heavy atom. The third kappa shape index (κ3) is 3.28. The monoisotopic (exact) mass is 332 g/mol. The van der Waals surface area contributed by atoms with Crippen LogP contribution in [0.4, 0.5) is 0 Å². The second-order valence-electron chi connectivity index (χ2n) is 5.65. The van der Waals surface area contributed by atoms with E-state index in [-0.39, 0.29) is 5.41 Å². The van der Waals surface area contributed by atoms with Crippen LogP contribution in [0.2, 0.25) is 0 Å². The number of hydrogen-bond acceptors (Lipinski definition) is 2. The van der Waals surface area contributed by atoms with Gasteiger partial charge in [0.1, 0.15) is 11.5 Å². The molecule has 0 unspecified atom stereocenters. The van der Waals surface area contributed by atoms with Gasteiger partial charge in [0.05, 0.1) is 5.56 Å². The van der Waals surface area contributed by atoms with E-state index in [0.717, 1.165) is 22.1 Å². The van der Waals surface area contributed by atoms with Crippen LogP contribution in [0.1, 0.15) is 36.7 Å². The van der Waals surface area contributed by atoms with Gasteiger partial charge in [-0.05, 0) is 29.7 Å². The maximum Gasteiger partial charge on any atom is 0.153 e. The number of carbonyl (C=O) groups is 1. The summed E-state index contributed by atoms with van der Waals surface area (Å²) in [5.41, 5.74) is 1.62. The first-order chi connectivity index (χ1) is 9.41. The van der Waals surface area contributed by atoms with Crippen molar-refractivity contribution >= 4 is 22.2 Å². The molecule has 104 valence electrons. The zero-order chi connectivity index (χ0) is 14.8. The van der Waals surface area contributed by atoms with Gasteiger partial charge in [-0.2, -0.15) is 0 Å². The molecule has 0 amide bonds. The van der Waals surface area contributed by atoms with Gasteiger partial charge < -0.3 is 4.74 Å². The van der Waals surface area contributed by atoms with Gasteiger partial charge in [-0.1, -0.05) is 54.9 Å². The summed E-state index contributed by atoms with van der Waals surface area (Å²) in [6.07, 6.45) is 0.807. The average molecular weight is 333 g/mol. The normalized spacial score (nSPS) is 11.2. The average Bonchev–Trinajstić information content (AvgIpc) is 2.38. The van der Waals surface area contributed by atoms with Crippen molar-refractivity contribution in [2.45, 2.75) is 26.2 Å². The second kappa shape index (κ2) is 5.80. The molecule has 3 heteroatoms. The standard InChI is InChI=1S/C17H17BrO2/c1-17(2,3)14-6-4-5-7-15(14)20-16-10-13(18)9-8-12(16)11-19/h4-11H,1-3H3. The van der Waals surface area contributed by atoms with E-state index < -0.39 is 0 Å². The van der Waals surface area contributed by atoms with Crippen LogP contribution in [0.15, 0.2) is 46.9 Å². The lowest BCUT2D eigenvalue weighted by Crippen LogP contribution is -2.12. The molecule has 0 bridgehead atoms. The molecule has 2 rings (SSSR count). The first kappa shape index (κ1) is 14.8. The van der Waals surface area contributed by atoms with Crippen LogP contribution in [0, 0.1) is 0 Å². The zero-order valence-corrected chi connectivity index (χ0v) is 13.4. The number of aldehydes is 1. The molecule has 0 N–H and O–H groups in total. The lowest BCUT2D eigenvalue weighted by Gasteiger charge is -2.22. The molecule has 2 aromatic carbocycles. The molecule has 0 saturated carbocycles. The highest BCUT2D eigenvalue weighted by molar-refractivity contribution is 9.10. The molecule has 2 nitrogen and oxygen atoms in total. The molecule has 0 aliphatic rings. The molecule has 0 fully saturated rings. The molecule has 0 aliphatic carbocycles. The zero-order valence-electron chi connectivity index (χ0n) is 11.8. The Hall–Kier alpha value is -1.61. The van der Waals surface area contributed by atoms with E-state index in [9.17, 15) is 4.79 Å². The highest BCUT2D eigenvalue weighted by Crippen LogP contribution is 2.35. The fourth-order valence-electron chi connectivity index (χ4n) is 1.99. The smallest absolute Gasteiger partial charge is 0.153 e. The molecule has 20 heavy (non-hydrogen) atoms. The predicted octanol–water partition coefficient (Wildman–Crippen LogP) is 5.35. The fourth-order valence-corrected chi connectivity index (χ4v) is 2.33. The number of benzene rings is 2. The summed E-state index contributed by atoms with van der Waals surface area (Å²) in [6.45, 7) is 6.41. The van der Waals surface area contributed by atoms with Gasteiger partial charge in [0.15, 0.2) is 6.29 Å². The molecule has 0 spiro atoms. The third-order valence-electron chi connectivity index (χ3n) is 3.02. The molecular formula is C17H17BrO2. The summed E-state index contributed by atoms with van der Waals surface area (Å²) in [5, 5.41) is 0. The van der Waals surface area contributed by atoms with Gasteiger partial charge in [0.2, 0.25) is 0 Å². The van der Waals surface area contributed by atoms with Crippen LogP contribution in [0.3, 0.4) is 0 Å². The van der Waals surface area contributed by atoms with Crippen molar-refractivity contribution in [3.8, 4) is 11.5 Å². The molecule has 0 radical (unpaired) electrons. The number of para-hydroxylation sites is 1. The van der Waals surface area contributed by atoms with Crippen molar-refractivity contribution in [1.29, 1.82) is 0 Å². The Kier molecular flexibility index (Phi) is 4.29. The number of rotatable bonds is 3. The summed E-state index contributed by atoms with van der Waals surface area (Å²) in [7, 11) is 0. The van der Waals surface area contributed by atoms with E-state index >= 15 is 0 Å². The fraction of sp³-hybridized carbons (Fsp3) is 0.235. The van der Waals surface area contributed by atoms with Crippen LogP contribution in [0.5, 0.6) is 11.5 Å². The lowest BCUT2D eigenvalue weighted by molar-refractivity contribution is 0.112. The van der Waals surface area contributed by atoms with Crippen molar-refractivity contribution in [3.05, 3.63) is 58.1 Å². The van der Waals surface area contributed by atoms with Crippen molar-refractivity contribution in [2.24, 2.45) is 0 Å². The van der Waals surface area contributed by atoms with E-state index in [4.69, 9.17) is 4.74 Å². The highest BCUT2D eigenvalue weighted by Gasteiger charge is 2.19. The van der Waals surface area contributed by atoms with Crippen LogP contribution in [-0.2, 0) is 5.41 Å². The molecule has 0 aromatic heterocycles. The van der Waals surface area contributed by atoms with E-state index in [1.54, 1.807) is 6.07 Å². The molecule has 0 saturated heterocycles. The molecular weight excluding hydrogens is 316 g/mol. The van der Waals surface area contributed by atoms with Crippen molar-refractivity contribution < 1.29 is 9.53 Å². The minimum absolute atomic E-state index is 0.0239. The molecule has 2 aromatic rings. The number of carbonyl (C=O) groups excluding carboxylic acids is 1. The third-order valence-corrected chi connectivity index (χ3v) is 3.51. The van der Waals surface area contributed by atoms with E-state index in [0.29, 0.717) is 11.3 Å². The Balaban J connectivity index is 2.45. The minimum Gasteiger partial charge on any atom is -0.456 e. The summed E-state index contributed by atoms with van der Waals surface area (Å²) in [5.74, 6) is 1.34. The Morgan fingerprint density at radius 2 is 1.75 bits per heavy atom. The summed E-state index contributed by atoms with van der Waals surface area (Å²) in [4.78, 5) is 11.1. The van der Waals surface area contributed by atoms with E-state index in [1.807, 2.05) is 36.4 Å². The van der Waals surface area contributed by atoms with Gasteiger partial charge in [-0.3, -0.25) is 4.79 Å². The van der Waals surface area contributed by atoms with Gasteiger partial charge in [-0.25, -0.2) is 0 Å². The summed E-state index contributed by atoms with van der Waals surface area (Å²) >= 11 is 3.40. The van der Waals surface area contributed by atoms with Gasteiger partial charge >= 0.3 is 0 Å². The maximum atomic E-state index is 11.1. The van der Waals surface area contributed by atoms with E-state index in [1.165, 1.54) is 0 Å². The highest BCUT2D eigenvalue weighted by atomic mass is 79.9. The number of ether oxygens (including phenoxy) is 1. The first-order valence-electron chi connectivity index (χ1n) is 6.44. The van der Waals surface area contributed by atoms with Crippen LogP contribution < -0.4 is 4.74 Å².